The van der Waals surface area contributed by atoms with E-state index < -0.39 is 0 Å². The average Bonchev–Trinajstić information content (AvgIpc) is 3.16. The van der Waals surface area contributed by atoms with Crippen LogP contribution in [0.25, 0.3) is 11.4 Å². The van der Waals surface area contributed by atoms with Gasteiger partial charge in [-0.15, -0.1) is 10.2 Å². The first-order valence-corrected chi connectivity index (χ1v) is 6.83. The standard InChI is InChI=1S/C14H16N6O/c1-2-15-9-12-8-13(21-18-12)10-20-17-14(16-19-20)11-6-4-3-5-7-11/h3-8,15H,2,9-10H2,1H3. The Morgan fingerprint density at radius 1 is 1.24 bits per heavy atom. The van der Waals surface area contributed by atoms with Gasteiger partial charge in [-0.2, -0.15) is 4.80 Å². The number of hydrogen-bond acceptors (Lipinski definition) is 6. The third-order valence-corrected chi connectivity index (χ3v) is 2.95. The smallest absolute Gasteiger partial charge is 0.204 e. The van der Waals surface area contributed by atoms with E-state index in [0.717, 1.165) is 17.8 Å². The van der Waals surface area contributed by atoms with Gasteiger partial charge in [-0.05, 0) is 11.8 Å². The van der Waals surface area contributed by atoms with Crippen molar-refractivity contribution in [3.63, 3.8) is 0 Å². The van der Waals surface area contributed by atoms with E-state index in [1.807, 2.05) is 43.3 Å². The Morgan fingerprint density at radius 3 is 2.90 bits per heavy atom. The molecule has 0 aliphatic rings. The van der Waals surface area contributed by atoms with Crippen LogP contribution in [0.15, 0.2) is 40.9 Å². The summed E-state index contributed by atoms with van der Waals surface area (Å²) in [4.78, 5) is 1.50. The summed E-state index contributed by atoms with van der Waals surface area (Å²) in [6, 6.07) is 11.6. The lowest BCUT2D eigenvalue weighted by Gasteiger charge is -1.94. The van der Waals surface area contributed by atoms with Crippen LogP contribution >= 0.6 is 0 Å². The fraction of sp³-hybridized carbons (Fsp3) is 0.286. The van der Waals surface area contributed by atoms with E-state index in [2.05, 4.69) is 25.9 Å². The van der Waals surface area contributed by atoms with Crippen LogP contribution in [0.1, 0.15) is 18.4 Å². The number of nitrogens with zero attached hydrogens (tertiary/aromatic N) is 5. The molecular formula is C14H16N6O. The largest absolute Gasteiger partial charge is 0.359 e. The summed E-state index contributed by atoms with van der Waals surface area (Å²) in [6.07, 6.45) is 0. The second-order valence-corrected chi connectivity index (χ2v) is 4.57. The maximum atomic E-state index is 5.26. The maximum Gasteiger partial charge on any atom is 0.204 e. The molecule has 0 aliphatic heterocycles. The monoisotopic (exact) mass is 284 g/mol. The van der Waals surface area contributed by atoms with Crippen LogP contribution in [0, 0.1) is 0 Å². The van der Waals surface area contributed by atoms with Crippen LogP contribution in [0.4, 0.5) is 0 Å². The predicted molar refractivity (Wildman–Crippen MR) is 76.2 cm³/mol. The lowest BCUT2D eigenvalue weighted by molar-refractivity contribution is 0.356. The van der Waals surface area contributed by atoms with Crippen molar-refractivity contribution < 1.29 is 4.52 Å². The van der Waals surface area contributed by atoms with Crippen molar-refractivity contribution in [1.82, 2.24) is 30.7 Å². The van der Waals surface area contributed by atoms with Crippen LogP contribution in [-0.4, -0.2) is 31.9 Å². The van der Waals surface area contributed by atoms with Gasteiger partial charge in [-0.25, -0.2) is 0 Å². The van der Waals surface area contributed by atoms with Crippen LogP contribution in [0.2, 0.25) is 0 Å². The Hall–Kier alpha value is -2.54. The summed E-state index contributed by atoms with van der Waals surface area (Å²) in [6.45, 7) is 4.05. The highest BCUT2D eigenvalue weighted by molar-refractivity contribution is 5.52. The molecule has 7 nitrogen and oxygen atoms in total. The highest BCUT2D eigenvalue weighted by atomic mass is 16.5. The third-order valence-electron chi connectivity index (χ3n) is 2.95. The minimum atomic E-state index is 0.416. The minimum Gasteiger partial charge on any atom is -0.359 e. The van der Waals surface area contributed by atoms with Gasteiger partial charge in [0.25, 0.3) is 0 Å². The molecule has 0 saturated heterocycles. The average molecular weight is 284 g/mol. The first-order chi connectivity index (χ1) is 10.3. The Morgan fingerprint density at radius 2 is 2.10 bits per heavy atom. The van der Waals surface area contributed by atoms with Gasteiger partial charge < -0.3 is 9.84 Å². The summed E-state index contributed by atoms with van der Waals surface area (Å²) < 4.78 is 5.26. The third kappa shape index (κ3) is 3.32. The van der Waals surface area contributed by atoms with Gasteiger partial charge >= 0.3 is 0 Å². The van der Waals surface area contributed by atoms with E-state index in [9.17, 15) is 0 Å². The van der Waals surface area contributed by atoms with Gasteiger partial charge in [-0.1, -0.05) is 42.4 Å². The molecule has 2 aromatic heterocycles. The Labute approximate surface area is 122 Å². The minimum absolute atomic E-state index is 0.416. The number of benzene rings is 1. The fourth-order valence-electron chi connectivity index (χ4n) is 1.92. The van der Waals surface area contributed by atoms with E-state index in [1.54, 1.807) is 0 Å². The first-order valence-electron chi connectivity index (χ1n) is 6.83. The molecule has 0 saturated carbocycles. The summed E-state index contributed by atoms with van der Waals surface area (Å²) in [5, 5.41) is 19.6. The summed E-state index contributed by atoms with van der Waals surface area (Å²) in [5.41, 5.74) is 1.81. The molecule has 0 atom stereocenters. The molecule has 1 aromatic carbocycles. The molecule has 0 bridgehead atoms. The lowest BCUT2D eigenvalue weighted by Crippen LogP contribution is -2.11. The molecule has 0 unspecified atom stereocenters. The van der Waals surface area contributed by atoms with Crippen molar-refractivity contribution >= 4 is 0 Å². The molecule has 1 N–H and O–H groups in total. The molecule has 3 rings (SSSR count). The molecule has 3 aromatic rings. The van der Waals surface area contributed by atoms with Crippen molar-refractivity contribution in [3.05, 3.63) is 47.9 Å². The van der Waals surface area contributed by atoms with Gasteiger partial charge in [0.15, 0.2) is 5.76 Å². The Kier molecular flexibility index (Phi) is 4.02. The second kappa shape index (κ2) is 6.27. The number of hydrogen-bond donors (Lipinski definition) is 1. The van der Waals surface area contributed by atoms with E-state index in [1.165, 1.54) is 4.80 Å². The molecule has 7 heteroatoms. The zero-order chi connectivity index (χ0) is 14.5. The number of rotatable bonds is 6. The van der Waals surface area contributed by atoms with E-state index >= 15 is 0 Å². The number of tetrazole rings is 1. The molecule has 0 radical (unpaired) electrons. The molecule has 0 spiro atoms. The van der Waals surface area contributed by atoms with E-state index in [0.29, 0.717) is 24.7 Å². The number of aromatic nitrogens is 5. The van der Waals surface area contributed by atoms with Gasteiger partial charge in [0, 0.05) is 18.2 Å². The zero-order valence-electron chi connectivity index (χ0n) is 11.7. The molecule has 2 heterocycles. The fourth-order valence-corrected chi connectivity index (χ4v) is 1.92. The summed E-state index contributed by atoms with van der Waals surface area (Å²) in [7, 11) is 0. The molecule has 0 aliphatic carbocycles. The highest BCUT2D eigenvalue weighted by Crippen LogP contribution is 2.12. The quantitative estimate of drug-likeness (QED) is 0.738. The summed E-state index contributed by atoms with van der Waals surface area (Å²) in [5.74, 6) is 1.31. The first kappa shape index (κ1) is 13.4. The van der Waals surface area contributed by atoms with Crippen molar-refractivity contribution in [2.24, 2.45) is 0 Å². The van der Waals surface area contributed by atoms with Crippen molar-refractivity contribution in [2.45, 2.75) is 20.0 Å². The van der Waals surface area contributed by atoms with Crippen LogP contribution in [0.3, 0.4) is 0 Å². The lowest BCUT2D eigenvalue weighted by atomic mass is 10.2. The molecule has 0 fully saturated rings. The highest BCUT2D eigenvalue weighted by Gasteiger charge is 2.09. The van der Waals surface area contributed by atoms with Crippen molar-refractivity contribution in [2.75, 3.05) is 6.54 Å². The van der Waals surface area contributed by atoms with E-state index in [-0.39, 0.29) is 0 Å². The molecular weight excluding hydrogens is 268 g/mol. The zero-order valence-corrected chi connectivity index (χ0v) is 11.7. The van der Waals surface area contributed by atoms with Gasteiger partial charge in [0.05, 0.1) is 5.69 Å². The van der Waals surface area contributed by atoms with Crippen LogP contribution < -0.4 is 5.32 Å². The van der Waals surface area contributed by atoms with Crippen LogP contribution in [-0.2, 0) is 13.1 Å². The normalized spacial score (nSPS) is 10.9. The van der Waals surface area contributed by atoms with Crippen LogP contribution in [0.5, 0.6) is 0 Å². The molecule has 108 valence electrons. The number of nitrogens with one attached hydrogen (secondary N) is 1. The Balaban J connectivity index is 1.68. The van der Waals surface area contributed by atoms with Gasteiger partial charge in [0.1, 0.15) is 6.54 Å². The topological polar surface area (TPSA) is 81.7 Å². The molecule has 21 heavy (non-hydrogen) atoms. The van der Waals surface area contributed by atoms with E-state index in [4.69, 9.17) is 4.52 Å². The maximum absolute atomic E-state index is 5.26. The van der Waals surface area contributed by atoms with Gasteiger partial charge in [0.2, 0.25) is 5.82 Å². The predicted octanol–water partition coefficient (Wildman–Crippen LogP) is 1.49. The van der Waals surface area contributed by atoms with Gasteiger partial charge in [-0.3, -0.25) is 0 Å². The SMILES string of the molecule is CCNCc1cc(Cn2nnc(-c3ccccc3)n2)on1. The summed E-state index contributed by atoms with van der Waals surface area (Å²) >= 11 is 0. The van der Waals surface area contributed by atoms with Crippen molar-refractivity contribution in [3.8, 4) is 11.4 Å². The Bertz CT molecular complexity index is 690. The molecule has 0 amide bonds. The van der Waals surface area contributed by atoms with Crippen molar-refractivity contribution in [1.29, 1.82) is 0 Å². The second-order valence-electron chi connectivity index (χ2n) is 4.57.